The van der Waals surface area contributed by atoms with Gasteiger partial charge in [-0.1, -0.05) is 0 Å². The summed E-state index contributed by atoms with van der Waals surface area (Å²) in [5.41, 5.74) is 5.51. The van der Waals surface area contributed by atoms with Crippen LogP contribution >= 0.6 is 12.4 Å². The number of hydrogen-bond donors (Lipinski definition) is 3. The molecule has 0 saturated heterocycles. The zero-order chi connectivity index (χ0) is 13.5. The molecule has 1 aromatic heterocycles. The van der Waals surface area contributed by atoms with Crippen LogP contribution in [-0.2, 0) is 17.8 Å². The number of nitrogens with one attached hydrogen (secondary N) is 3. The third-order valence-corrected chi connectivity index (χ3v) is 3.78. The molecular formula is C15H16ClN3O2. The largest absolute Gasteiger partial charge is 0.482 e. The van der Waals surface area contributed by atoms with E-state index in [2.05, 4.69) is 21.7 Å². The molecule has 0 atom stereocenters. The maximum Gasteiger partial charge on any atom is 0.262 e. The summed E-state index contributed by atoms with van der Waals surface area (Å²) in [6, 6.07) is 8.05. The summed E-state index contributed by atoms with van der Waals surface area (Å²) in [5.74, 6) is 0.621. The van der Waals surface area contributed by atoms with Crippen LogP contribution in [0.2, 0.25) is 0 Å². The number of hydrogen-bond acceptors (Lipinski definition) is 3. The summed E-state index contributed by atoms with van der Waals surface area (Å²) in [4.78, 5) is 14.9. The molecule has 0 unspecified atom stereocenters. The van der Waals surface area contributed by atoms with Gasteiger partial charge in [-0.3, -0.25) is 4.79 Å². The first-order chi connectivity index (χ1) is 9.79. The highest BCUT2D eigenvalue weighted by Crippen LogP contribution is 2.33. The van der Waals surface area contributed by atoms with Crippen molar-refractivity contribution in [3.05, 3.63) is 35.5 Å². The van der Waals surface area contributed by atoms with Crippen LogP contribution in [0.15, 0.2) is 24.3 Å². The van der Waals surface area contributed by atoms with E-state index in [0.29, 0.717) is 0 Å². The maximum absolute atomic E-state index is 11.4. The Kier molecular flexibility index (Phi) is 3.61. The Hall–Kier alpha value is -1.98. The van der Waals surface area contributed by atoms with Gasteiger partial charge in [-0.05, 0) is 29.8 Å². The molecule has 1 amide bonds. The summed E-state index contributed by atoms with van der Waals surface area (Å²) in [6.07, 6.45) is 1.03. The lowest BCUT2D eigenvalue weighted by Crippen LogP contribution is -2.25. The molecule has 110 valence electrons. The third-order valence-electron chi connectivity index (χ3n) is 3.78. The molecule has 3 N–H and O–H groups in total. The van der Waals surface area contributed by atoms with Crippen molar-refractivity contribution in [3.63, 3.8) is 0 Å². The molecule has 2 aromatic rings. The van der Waals surface area contributed by atoms with E-state index in [-0.39, 0.29) is 24.9 Å². The molecule has 0 aliphatic carbocycles. The second-order valence-electron chi connectivity index (χ2n) is 5.16. The molecule has 0 spiro atoms. The highest BCUT2D eigenvalue weighted by molar-refractivity contribution is 5.96. The van der Waals surface area contributed by atoms with Crippen molar-refractivity contribution < 1.29 is 9.53 Å². The van der Waals surface area contributed by atoms with Gasteiger partial charge in [-0.2, -0.15) is 0 Å². The van der Waals surface area contributed by atoms with Crippen molar-refractivity contribution in [1.29, 1.82) is 0 Å². The summed E-state index contributed by atoms with van der Waals surface area (Å²) < 4.78 is 5.38. The second-order valence-corrected chi connectivity index (χ2v) is 5.16. The second kappa shape index (κ2) is 5.42. The van der Waals surface area contributed by atoms with E-state index in [9.17, 15) is 4.79 Å². The molecule has 0 fully saturated rings. The molecule has 4 rings (SSSR count). The zero-order valence-electron chi connectivity index (χ0n) is 11.4. The Morgan fingerprint density at radius 3 is 2.95 bits per heavy atom. The van der Waals surface area contributed by atoms with Crippen molar-refractivity contribution in [1.82, 2.24) is 10.3 Å². The number of halogens is 1. The number of H-pyrrole nitrogens is 1. The van der Waals surface area contributed by atoms with Gasteiger partial charge in [0.25, 0.3) is 5.91 Å². The van der Waals surface area contributed by atoms with E-state index in [4.69, 9.17) is 4.74 Å². The normalized spacial score (nSPS) is 16.1. The van der Waals surface area contributed by atoms with Crippen LogP contribution in [-0.4, -0.2) is 24.0 Å². The number of anilines is 1. The van der Waals surface area contributed by atoms with Crippen molar-refractivity contribution in [2.24, 2.45) is 0 Å². The monoisotopic (exact) mass is 305 g/mol. The van der Waals surface area contributed by atoms with E-state index in [1.54, 1.807) is 0 Å². The smallest absolute Gasteiger partial charge is 0.262 e. The molecule has 3 heterocycles. The Balaban J connectivity index is 0.00000132. The molecular weight excluding hydrogens is 290 g/mol. The van der Waals surface area contributed by atoms with Crippen LogP contribution < -0.4 is 15.4 Å². The highest BCUT2D eigenvalue weighted by atomic mass is 35.5. The van der Waals surface area contributed by atoms with Gasteiger partial charge in [0.1, 0.15) is 5.75 Å². The number of rotatable bonds is 1. The third kappa shape index (κ3) is 2.50. The van der Waals surface area contributed by atoms with Gasteiger partial charge in [-0.25, -0.2) is 0 Å². The predicted octanol–water partition coefficient (Wildman–Crippen LogP) is 2.08. The molecule has 2 aliphatic heterocycles. The number of benzene rings is 1. The summed E-state index contributed by atoms with van der Waals surface area (Å²) >= 11 is 0. The van der Waals surface area contributed by atoms with Crippen molar-refractivity contribution in [2.45, 2.75) is 13.0 Å². The lowest BCUT2D eigenvalue weighted by molar-refractivity contribution is -0.118. The Morgan fingerprint density at radius 2 is 2.10 bits per heavy atom. The fourth-order valence-corrected chi connectivity index (χ4v) is 2.76. The number of amides is 1. The molecule has 0 saturated carbocycles. The van der Waals surface area contributed by atoms with Crippen molar-refractivity contribution in [3.8, 4) is 17.0 Å². The maximum atomic E-state index is 11.4. The van der Waals surface area contributed by atoms with Crippen LogP contribution in [0.5, 0.6) is 5.75 Å². The minimum absolute atomic E-state index is 0. The first-order valence-electron chi connectivity index (χ1n) is 6.78. The SMILES string of the molecule is Cl.O=C1COc2ccc(-c3cc4c([nH]3)CCNC4)cc2N1. The van der Waals surface area contributed by atoms with Gasteiger partial charge in [0.05, 0.1) is 5.69 Å². The van der Waals surface area contributed by atoms with Gasteiger partial charge >= 0.3 is 0 Å². The average Bonchev–Trinajstić information content (AvgIpc) is 2.90. The van der Waals surface area contributed by atoms with Crippen LogP contribution in [0.25, 0.3) is 11.3 Å². The van der Waals surface area contributed by atoms with Gasteiger partial charge in [0.15, 0.2) is 6.61 Å². The summed E-state index contributed by atoms with van der Waals surface area (Å²) in [6.45, 7) is 2.02. The molecule has 0 radical (unpaired) electrons. The number of ether oxygens (including phenoxy) is 1. The fourth-order valence-electron chi connectivity index (χ4n) is 2.76. The fraction of sp³-hybridized carbons (Fsp3) is 0.267. The highest BCUT2D eigenvalue weighted by Gasteiger charge is 2.18. The average molecular weight is 306 g/mol. The standard InChI is InChI=1S/C15H15N3O2.ClH/c19-15-8-20-14-2-1-9(5-13(14)18-15)12-6-10-7-16-4-3-11(10)17-12;/h1-2,5-6,16-17H,3-4,7-8H2,(H,18,19);1H. The van der Waals surface area contributed by atoms with E-state index < -0.39 is 0 Å². The molecule has 1 aromatic carbocycles. The Morgan fingerprint density at radius 1 is 1.19 bits per heavy atom. The molecule has 5 nitrogen and oxygen atoms in total. The van der Waals surface area contributed by atoms with Crippen molar-refractivity contribution >= 4 is 24.0 Å². The van der Waals surface area contributed by atoms with Crippen LogP contribution in [0, 0.1) is 0 Å². The number of aromatic nitrogens is 1. The molecule has 2 aliphatic rings. The number of carbonyl (C=O) groups excluding carboxylic acids is 1. The van der Waals surface area contributed by atoms with Crippen LogP contribution in [0.3, 0.4) is 0 Å². The zero-order valence-corrected chi connectivity index (χ0v) is 12.2. The minimum Gasteiger partial charge on any atom is -0.482 e. The summed E-state index contributed by atoms with van der Waals surface area (Å²) in [7, 11) is 0. The first-order valence-corrected chi connectivity index (χ1v) is 6.78. The Labute approximate surface area is 128 Å². The van der Waals surface area contributed by atoms with Crippen LogP contribution in [0.4, 0.5) is 5.69 Å². The topological polar surface area (TPSA) is 66.2 Å². The number of fused-ring (bicyclic) bond motifs is 2. The predicted molar refractivity (Wildman–Crippen MR) is 83.0 cm³/mol. The molecule has 6 heteroatoms. The van der Waals surface area contributed by atoms with Crippen LogP contribution in [0.1, 0.15) is 11.3 Å². The lowest BCUT2D eigenvalue weighted by atomic mass is 10.1. The van der Waals surface area contributed by atoms with E-state index in [1.807, 2.05) is 18.2 Å². The minimum atomic E-state index is -0.107. The Bertz CT molecular complexity index is 673. The van der Waals surface area contributed by atoms with Gasteiger partial charge < -0.3 is 20.4 Å². The summed E-state index contributed by atoms with van der Waals surface area (Å²) in [5, 5.41) is 6.21. The molecule has 21 heavy (non-hydrogen) atoms. The van der Waals surface area contributed by atoms with Crippen molar-refractivity contribution in [2.75, 3.05) is 18.5 Å². The quantitative estimate of drug-likeness (QED) is 0.756. The van der Waals surface area contributed by atoms with E-state index in [1.165, 1.54) is 11.3 Å². The first kappa shape index (κ1) is 14.0. The van der Waals surface area contributed by atoms with Gasteiger partial charge in [0.2, 0.25) is 0 Å². The van der Waals surface area contributed by atoms with Gasteiger partial charge in [-0.15, -0.1) is 12.4 Å². The van der Waals surface area contributed by atoms with E-state index in [0.717, 1.165) is 42.2 Å². The van der Waals surface area contributed by atoms with Gasteiger partial charge in [0, 0.05) is 36.5 Å². The number of aromatic amines is 1. The van der Waals surface area contributed by atoms with E-state index >= 15 is 0 Å². The lowest BCUT2D eigenvalue weighted by Gasteiger charge is -2.18. The molecule has 0 bridgehead atoms. The number of carbonyl (C=O) groups is 1.